The summed E-state index contributed by atoms with van der Waals surface area (Å²) in [7, 11) is 0. The van der Waals surface area contributed by atoms with Crippen molar-refractivity contribution in [2.75, 3.05) is 12.3 Å². The predicted molar refractivity (Wildman–Crippen MR) is 67.6 cm³/mol. The molecular weight excluding hydrogens is 214 g/mol. The molecule has 4 heteroatoms. The number of amides is 1. The summed E-state index contributed by atoms with van der Waals surface area (Å²) in [6.07, 6.45) is 6.50. The Bertz CT molecular complexity index is 411. The molecule has 92 valence electrons. The van der Waals surface area contributed by atoms with Crippen LogP contribution in [0.3, 0.4) is 0 Å². The minimum absolute atomic E-state index is 0.122. The van der Waals surface area contributed by atoms with Gasteiger partial charge < -0.3 is 11.1 Å². The smallest absolute Gasteiger partial charge is 0.255 e. The van der Waals surface area contributed by atoms with E-state index in [1.165, 1.54) is 25.7 Å². The zero-order valence-corrected chi connectivity index (χ0v) is 10.2. The van der Waals surface area contributed by atoms with Crippen LogP contribution >= 0.6 is 0 Å². The molecule has 0 aromatic carbocycles. The van der Waals surface area contributed by atoms with Crippen LogP contribution in [-0.4, -0.2) is 17.4 Å². The highest BCUT2D eigenvalue weighted by Crippen LogP contribution is 2.36. The van der Waals surface area contributed by atoms with Gasteiger partial charge in [-0.15, -0.1) is 0 Å². The minimum Gasteiger partial charge on any atom is -0.383 e. The summed E-state index contributed by atoms with van der Waals surface area (Å²) in [5.41, 5.74) is 6.39. The van der Waals surface area contributed by atoms with Gasteiger partial charge in [0.15, 0.2) is 0 Å². The molecule has 1 fully saturated rings. The van der Waals surface area contributed by atoms with E-state index < -0.39 is 0 Å². The second-order valence-corrected chi connectivity index (χ2v) is 5.14. The first-order valence-corrected chi connectivity index (χ1v) is 6.09. The quantitative estimate of drug-likeness (QED) is 0.838. The molecule has 1 aromatic rings. The Kier molecular flexibility index (Phi) is 3.31. The van der Waals surface area contributed by atoms with Crippen molar-refractivity contribution in [1.29, 1.82) is 0 Å². The Morgan fingerprint density at radius 1 is 1.53 bits per heavy atom. The van der Waals surface area contributed by atoms with E-state index in [0.717, 1.165) is 6.54 Å². The SMILES string of the molecule is CC1(CNC(=O)c2cccnc2N)CCCC1. The van der Waals surface area contributed by atoms with E-state index >= 15 is 0 Å². The van der Waals surface area contributed by atoms with E-state index in [0.29, 0.717) is 11.4 Å². The van der Waals surface area contributed by atoms with E-state index in [9.17, 15) is 4.79 Å². The Morgan fingerprint density at radius 3 is 2.88 bits per heavy atom. The molecule has 3 N–H and O–H groups in total. The summed E-state index contributed by atoms with van der Waals surface area (Å²) in [6, 6.07) is 3.43. The van der Waals surface area contributed by atoms with Crippen molar-refractivity contribution in [3.05, 3.63) is 23.9 Å². The molecule has 0 atom stereocenters. The fourth-order valence-corrected chi connectivity index (χ4v) is 2.40. The largest absolute Gasteiger partial charge is 0.383 e. The highest BCUT2D eigenvalue weighted by atomic mass is 16.1. The normalized spacial score (nSPS) is 17.9. The molecule has 0 bridgehead atoms. The molecular formula is C13H19N3O. The molecule has 0 spiro atoms. The number of carbonyl (C=O) groups excluding carboxylic acids is 1. The summed E-state index contributed by atoms with van der Waals surface area (Å²) in [5, 5.41) is 2.96. The standard InChI is InChI=1S/C13H19N3O/c1-13(6-2-3-7-13)9-16-12(17)10-5-4-8-15-11(10)14/h4-5,8H,2-3,6-7,9H2,1H3,(H2,14,15)(H,16,17). The van der Waals surface area contributed by atoms with E-state index in [1.54, 1.807) is 18.3 Å². The van der Waals surface area contributed by atoms with Crippen LogP contribution in [-0.2, 0) is 0 Å². The van der Waals surface area contributed by atoms with Crippen molar-refractivity contribution in [2.24, 2.45) is 5.41 Å². The average molecular weight is 233 g/mol. The van der Waals surface area contributed by atoms with Crippen LogP contribution in [0.5, 0.6) is 0 Å². The Hall–Kier alpha value is -1.58. The zero-order valence-electron chi connectivity index (χ0n) is 10.2. The van der Waals surface area contributed by atoms with Gasteiger partial charge in [-0.1, -0.05) is 19.8 Å². The van der Waals surface area contributed by atoms with Crippen molar-refractivity contribution in [3.63, 3.8) is 0 Å². The molecule has 1 aromatic heterocycles. The number of rotatable bonds is 3. The monoisotopic (exact) mass is 233 g/mol. The first kappa shape index (κ1) is 11.9. The van der Waals surface area contributed by atoms with E-state index in [4.69, 9.17) is 5.73 Å². The number of anilines is 1. The summed E-state index contributed by atoms with van der Waals surface area (Å²) >= 11 is 0. The van der Waals surface area contributed by atoms with Crippen LogP contribution in [0, 0.1) is 5.41 Å². The number of hydrogen-bond donors (Lipinski definition) is 2. The maximum Gasteiger partial charge on any atom is 0.255 e. The summed E-state index contributed by atoms with van der Waals surface area (Å²) in [4.78, 5) is 15.8. The zero-order chi connectivity index (χ0) is 12.3. The number of nitrogen functional groups attached to an aromatic ring is 1. The number of nitrogens with two attached hydrogens (primary N) is 1. The second-order valence-electron chi connectivity index (χ2n) is 5.14. The predicted octanol–water partition coefficient (Wildman–Crippen LogP) is 1.97. The highest BCUT2D eigenvalue weighted by Gasteiger charge is 2.29. The lowest BCUT2D eigenvalue weighted by Crippen LogP contribution is -2.34. The average Bonchev–Trinajstić information content (AvgIpc) is 2.74. The van der Waals surface area contributed by atoms with Crippen molar-refractivity contribution in [2.45, 2.75) is 32.6 Å². The molecule has 0 unspecified atom stereocenters. The lowest BCUT2D eigenvalue weighted by Gasteiger charge is -2.23. The van der Waals surface area contributed by atoms with Crippen molar-refractivity contribution < 1.29 is 4.79 Å². The topological polar surface area (TPSA) is 68.0 Å². The van der Waals surface area contributed by atoms with Gasteiger partial charge in [0.2, 0.25) is 0 Å². The summed E-state index contributed by atoms with van der Waals surface area (Å²) in [6.45, 7) is 2.95. The molecule has 1 aliphatic rings. The summed E-state index contributed by atoms with van der Waals surface area (Å²) < 4.78 is 0. The molecule has 0 radical (unpaired) electrons. The van der Waals surface area contributed by atoms with Crippen LogP contribution in [0.1, 0.15) is 43.0 Å². The third kappa shape index (κ3) is 2.75. The molecule has 1 amide bonds. The van der Waals surface area contributed by atoms with Gasteiger partial charge in [0.05, 0.1) is 5.56 Å². The fourth-order valence-electron chi connectivity index (χ4n) is 2.40. The van der Waals surface area contributed by atoms with Gasteiger partial charge in [0.25, 0.3) is 5.91 Å². The molecule has 4 nitrogen and oxygen atoms in total. The fraction of sp³-hybridized carbons (Fsp3) is 0.538. The summed E-state index contributed by atoms with van der Waals surface area (Å²) in [5.74, 6) is 0.172. The van der Waals surface area contributed by atoms with E-state index in [2.05, 4.69) is 17.2 Å². The Labute approximate surface area is 102 Å². The third-order valence-corrected chi connectivity index (χ3v) is 3.57. The molecule has 1 saturated carbocycles. The van der Waals surface area contributed by atoms with Gasteiger partial charge >= 0.3 is 0 Å². The van der Waals surface area contributed by atoms with Crippen molar-refractivity contribution in [3.8, 4) is 0 Å². The number of pyridine rings is 1. The van der Waals surface area contributed by atoms with Gasteiger partial charge in [0.1, 0.15) is 5.82 Å². The maximum atomic E-state index is 11.9. The lowest BCUT2D eigenvalue weighted by molar-refractivity contribution is 0.0935. The van der Waals surface area contributed by atoms with E-state index in [-0.39, 0.29) is 11.3 Å². The number of aromatic nitrogens is 1. The molecule has 2 rings (SSSR count). The highest BCUT2D eigenvalue weighted by molar-refractivity contribution is 5.98. The van der Waals surface area contributed by atoms with Crippen LogP contribution in [0.15, 0.2) is 18.3 Å². The van der Waals surface area contributed by atoms with Crippen LogP contribution < -0.4 is 11.1 Å². The molecule has 0 aliphatic heterocycles. The number of nitrogens with one attached hydrogen (secondary N) is 1. The Balaban J connectivity index is 1.96. The minimum atomic E-state index is -0.122. The lowest BCUT2D eigenvalue weighted by atomic mass is 9.89. The first-order valence-electron chi connectivity index (χ1n) is 6.09. The molecule has 1 aliphatic carbocycles. The van der Waals surface area contributed by atoms with Crippen LogP contribution in [0.25, 0.3) is 0 Å². The van der Waals surface area contributed by atoms with Gasteiger partial charge in [-0.05, 0) is 30.4 Å². The van der Waals surface area contributed by atoms with Gasteiger partial charge in [-0.3, -0.25) is 4.79 Å². The number of nitrogens with zero attached hydrogens (tertiary/aromatic N) is 1. The van der Waals surface area contributed by atoms with E-state index in [1.807, 2.05) is 0 Å². The first-order chi connectivity index (χ1) is 8.11. The van der Waals surface area contributed by atoms with Gasteiger partial charge in [-0.2, -0.15) is 0 Å². The van der Waals surface area contributed by atoms with Crippen molar-refractivity contribution >= 4 is 11.7 Å². The van der Waals surface area contributed by atoms with Crippen LogP contribution in [0.2, 0.25) is 0 Å². The second kappa shape index (κ2) is 4.73. The molecule has 17 heavy (non-hydrogen) atoms. The number of carbonyl (C=O) groups is 1. The molecule has 1 heterocycles. The molecule has 0 saturated heterocycles. The number of hydrogen-bond acceptors (Lipinski definition) is 3. The Morgan fingerprint density at radius 2 is 2.24 bits per heavy atom. The van der Waals surface area contributed by atoms with Gasteiger partial charge in [0, 0.05) is 12.7 Å². The van der Waals surface area contributed by atoms with Crippen molar-refractivity contribution in [1.82, 2.24) is 10.3 Å². The third-order valence-electron chi connectivity index (χ3n) is 3.57. The maximum absolute atomic E-state index is 11.9. The van der Waals surface area contributed by atoms with Crippen LogP contribution in [0.4, 0.5) is 5.82 Å². The van der Waals surface area contributed by atoms with Gasteiger partial charge in [-0.25, -0.2) is 4.98 Å².